The lowest BCUT2D eigenvalue weighted by Gasteiger charge is -2.14. The Morgan fingerprint density at radius 3 is 2.52 bits per heavy atom. The SMILES string of the molecule is COc1cc(/C=C(/C#N)C(=O)Nc2ccc(C)c(Cl)c2)cc(Br)c1OCc1ccc(C)cc1. The molecule has 168 valence electrons. The van der Waals surface area contributed by atoms with Gasteiger partial charge in [0.2, 0.25) is 0 Å². The number of ether oxygens (including phenoxy) is 2. The van der Waals surface area contributed by atoms with Crippen molar-refractivity contribution >= 4 is 45.2 Å². The number of amides is 1. The van der Waals surface area contributed by atoms with Crippen molar-refractivity contribution in [2.45, 2.75) is 20.5 Å². The van der Waals surface area contributed by atoms with Crippen LogP contribution in [0.1, 0.15) is 22.3 Å². The molecule has 5 nitrogen and oxygen atoms in total. The van der Waals surface area contributed by atoms with Gasteiger partial charge in [-0.1, -0.05) is 47.5 Å². The topological polar surface area (TPSA) is 71.3 Å². The molecule has 0 fully saturated rings. The number of aryl methyl sites for hydroxylation is 2. The maximum Gasteiger partial charge on any atom is 0.266 e. The number of halogens is 2. The lowest BCUT2D eigenvalue weighted by atomic mass is 10.1. The summed E-state index contributed by atoms with van der Waals surface area (Å²) in [5.41, 5.74) is 4.15. The molecule has 0 aliphatic carbocycles. The summed E-state index contributed by atoms with van der Waals surface area (Å²) in [6.07, 6.45) is 1.49. The Kier molecular flexibility index (Phi) is 8.16. The number of anilines is 1. The van der Waals surface area contributed by atoms with Crippen LogP contribution in [0, 0.1) is 25.2 Å². The van der Waals surface area contributed by atoms with E-state index in [1.807, 2.05) is 44.2 Å². The molecule has 0 saturated heterocycles. The minimum atomic E-state index is -0.535. The van der Waals surface area contributed by atoms with Gasteiger partial charge in [-0.2, -0.15) is 5.26 Å². The highest BCUT2D eigenvalue weighted by Crippen LogP contribution is 2.38. The number of hydrogen-bond acceptors (Lipinski definition) is 4. The van der Waals surface area contributed by atoms with Crippen molar-refractivity contribution in [2.24, 2.45) is 0 Å². The second-order valence-corrected chi connectivity index (χ2v) is 8.66. The monoisotopic (exact) mass is 524 g/mol. The molecule has 7 heteroatoms. The lowest BCUT2D eigenvalue weighted by molar-refractivity contribution is -0.112. The van der Waals surface area contributed by atoms with Gasteiger partial charge < -0.3 is 14.8 Å². The number of rotatable bonds is 7. The second kappa shape index (κ2) is 11.0. The number of carbonyl (C=O) groups is 1. The lowest BCUT2D eigenvalue weighted by Crippen LogP contribution is -2.13. The average Bonchev–Trinajstić information content (AvgIpc) is 2.79. The van der Waals surface area contributed by atoms with Gasteiger partial charge in [-0.05, 0) is 76.8 Å². The van der Waals surface area contributed by atoms with Crippen molar-refractivity contribution in [3.8, 4) is 17.6 Å². The molecule has 0 spiro atoms. The molecular weight excluding hydrogens is 504 g/mol. The molecule has 0 bridgehead atoms. The maximum atomic E-state index is 12.6. The zero-order chi connectivity index (χ0) is 24.0. The van der Waals surface area contributed by atoms with E-state index in [0.717, 1.165) is 11.1 Å². The van der Waals surface area contributed by atoms with Crippen LogP contribution in [0.2, 0.25) is 5.02 Å². The van der Waals surface area contributed by atoms with Gasteiger partial charge in [0.15, 0.2) is 11.5 Å². The molecule has 3 aromatic rings. The summed E-state index contributed by atoms with van der Waals surface area (Å²) < 4.78 is 12.1. The number of methoxy groups -OCH3 is 1. The van der Waals surface area contributed by atoms with Crippen molar-refractivity contribution in [3.05, 3.63) is 91.9 Å². The van der Waals surface area contributed by atoms with Crippen LogP contribution in [0.5, 0.6) is 11.5 Å². The summed E-state index contributed by atoms with van der Waals surface area (Å²) >= 11 is 9.62. The number of nitrogens with zero attached hydrogens (tertiary/aromatic N) is 1. The normalized spacial score (nSPS) is 11.0. The van der Waals surface area contributed by atoms with Gasteiger partial charge in [0.1, 0.15) is 18.2 Å². The first-order valence-corrected chi connectivity index (χ1v) is 11.2. The Hall–Kier alpha value is -3.27. The van der Waals surface area contributed by atoms with Crippen LogP contribution in [0.3, 0.4) is 0 Å². The molecular formula is C26H22BrClN2O3. The first kappa shape index (κ1) is 24.4. The van der Waals surface area contributed by atoms with Crippen LogP contribution < -0.4 is 14.8 Å². The van der Waals surface area contributed by atoms with E-state index in [-0.39, 0.29) is 5.57 Å². The Balaban J connectivity index is 1.81. The van der Waals surface area contributed by atoms with Crippen LogP contribution >= 0.6 is 27.5 Å². The third-order valence-corrected chi connectivity index (χ3v) is 5.86. The molecule has 1 N–H and O–H groups in total. The third kappa shape index (κ3) is 6.38. The Bertz CT molecular complexity index is 1250. The van der Waals surface area contributed by atoms with Crippen molar-refractivity contribution in [2.75, 3.05) is 12.4 Å². The van der Waals surface area contributed by atoms with Crippen LogP contribution in [0.25, 0.3) is 6.08 Å². The number of carbonyl (C=O) groups excluding carboxylic acids is 1. The zero-order valence-electron chi connectivity index (χ0n) is 18.4. The molecule has 0 radical (unpaired) electrons. The van der Waals surface area contributed by atoms with E-state index in [1.165, 1.54) is 18.7 Å². The Morgan fingerprint density at radius 1 is 1.15 bits per heavy atom. The predicted molar refractivity (Wildman–Crippen MR) is 135 cm³/mol. The molecule has 1 amide bonds. The van der Waals surface area contributed by atoms with Gasteiger partial charge in [-0.25, -0.2) is 0 Å². The molecule has 0 unspecified atom stereocenters. The molecule has 0 aliphatic rings. The largest absolute Gasteiger partial charge is 0.493 e. The minimum Gasteiger partial charge on any atom is -0.493 e. The van der Waals surface area contributed by atoms with E-state index in [2.05, 4.69) is 21.2 Å². The zero-order valence-corrected chi connectivity index (χ0v) is 20.8. The standard InChI is InChI=1S/C26H22BrClN2O3/c1-16-4-7-18(8-5-16)15-33-25-22(27)11-19(12-24(25)32-3)10-20(14-29)26(31)30-21-9-6-17(2)23(28)13-21/h4-13H,15H2,1-3H3,(H,30,31)/b20-10-. The molecule has 0 heterocycles. The number of hydrogen-bond donors (Lipinski definition) is 1. The molecule has 3 rings (SSSR count). The summed E-state index contributed by atoms with van der Waals surface area (Å²) in [6.45, 7) is 4.27. The Morgan fingerprint density at radius 2 is 1.88 bits per heavy atom. The van der Waals surface area contributed by atoms with Crippen molar-refractivity contribution in [1.29, 1.82) is 5.26 Å². The maximum absolute atomic E-state index is 12.6. The van der Waals surface area contributed by atoms with Crippen LogP contribution in [0.4, 0.5) is 5.69 Å². The highest BCUT2D eigenvalue weighted by atomic mass is 79.9. The van der Waals surface area contributed by atoms with E-state index in [9.17, 15) is 10.1 Å². The second-order valence-electron chi connectivity index (χ2n) is 7.40. The summed E-state index contributed by atoms with van der Waals surface area (Å²) in [5.74, 6) is 0.477. The summed E-state index contributed by atoms with van der Waals surface area (Å²) in [6, 6.07) is 18.7. The van der Waals surface area contributed by atoms with Crippen molar-refractivity contribution < 1.29 is 14.3 Å². The average molecular weight is 526 g/mol. The smallest absolute Gasteiger partial charge is 0.266 e. The predicted octanol–water partition coefficient (Wildman–Crippen LogP) is 6.85. The first-order valence-electron chi connectivity index (χ1n) is 10.1. The van der Waals surface area contributed by atoms with E-state index in [0.29, 0.717) is 38.9 Å². The van der Waals surface area contributed by atoms with Crippen LogP contribution in [-0.4, -0.2) is 13.0 Å². The van der Waals surface area contributed by atoms with Gasteiger partial charge in [0, 0.05) is 10.7 Å². The third-order valence-electron chi connectivity index (χ3n) is 4.86. The Labute approximate surface area is 206 Å². The molecule has 0 aromatic heterocycles. The summed E-state index contributed by atoms with van der Waals surface area (Å²) in [5, 5.41) is 12.8. The quantitative estimate of drug-likeness (QED) is 0.270. The summed E-state index contributed by atoms with van der Waals surface area (Å²) in [7, 11) is 1.53. The van der Waals surface area contributed by atoms with Crippen LogP contribution in [-0.2, 0) is 11.4 Å². The molecule has 0 aliphatic heterocycles. The van der Waals surface area contributed by atoms with Gasteiger partial charge >= 0.3 is 0 Å². The fourth-order valence-electron chi connectivity index (χ4n) is 2.99. The van der Waals surface area contributed by atoms with Gasteiger partial charge in [0.05, 0.1) is 11.6 Å². The molecule has 0 saturated carbocycles. The highest BCUT2D eigenvalue weighted by Gasteiger charge is 2.15. The highest BCUT2D eigenvalue weighted by molar-refractivity contribution is 9.10. The summed E-state index contributed by atoms with van der Waals surface area (Å²) in [4.78, 5) is 12.6. The van der Waals surface area contributed by atoms with Crippen LogP contribution in [0.15, 0.2) is 64.6 Å². The van der Waals surface area contributed by atoms with E-state index in [1.54, 1.807) is 30.3 Å². The van der Waals surface area contributed by atoms with Gasteiger partial charge in [-0.3, -0.25) is 4.79 Å². The fourth-order valence-corrected chi connectivity index (χ4v) is 3.74. The number of nitrogens with one attached hydrogen (secondary N) is 1. The first-order chi connectivity index (χ1) is 15.8. The molecule has 3 aromatic carbocycles. The van der Waals surface area contributed by atoms with Crippen molar-refractivity contribution in [3.63, 3.8) is 0 Å². The van der Waals surface area contributed by atoms with E-state index >= 15 is 0 Å². The molecule has 0 atom stereocenters. The minimum absolute atomic E-state index is 0.0611. The number of benzene rings is 3. The van der Waals surface area contributed by atoms with E-state index in [4.69, 9.17) is 21.1 Å². The van der Waals surface area contributed by atoms with E-state index < -0.39 is 5.91 Å². The fraction of sp³-hybridized carbons (Fsp3) is 0.154. The van der Waals surface area contributed by atoms with Crippen molar-refractivity contribution in [1.82, 2.24) is 0 Å². The van der Waals surface area contributed by atoms with Gasteiger partial charge in [0.25, 0.3) is 5.91 Å². The molecule has 33 heavy (non-hydrogen) atoms. The van der Waals surface area contributed by atoms with Gasteiger partial charge in [-0.15, -0.1) is 0 Å². The number of nitriles is 1.